The maximum absolute atomic E-state index is 12.6. The third-order valence-corrected chi connectivity index (χ3v) is 5.58. The summed E-state index contributed by atoms with van der Waals surface area (Å²) in [4.78, 5) is 7.46. The van der Waals surface area contributed by atoms with Crippen LogP contribution >= 0.6 is 0 Å². The first-order valence-corrected chi connectivity index (χ1v) is 8.94. The number of benzene rings is 2. The van der Waals surface area contributed by atoms with E-state index >= 15 is 0 Å². The number of fused-ring (bicyclic) bond motifs is 1. The maximum atomic E-state index is 12.6. The van der Waals surface area contributed by atoms with Crippen LogP contribution in [0.15, 0.2) is 42.5 Å². The molecule has 0 radical (unpaired) electrons. The molecule has 0 amide bonds. The number of anilines is 1. The third kappa shape index (κ3) is 3.22. The van der Waals surface area contributed by atoms with Gasteiger partial charge in [-0.05, 0) is 37.6 Å². The number of imidazole rings is 1. The summed E-state index contributed by atoms with van der Waals surface area (Å²) < 4.78 is 26.6. The fourth-order valence-electron chi connectivity index (χ4n) is 2.47. The molecule has 0 spiro atoms. The van der Waals surface area contributed by atoms with Crippen LogP contribution in [0.1, 0.15) is 17.0 Å². The van der Waals surface area contributed by atoms with Crippen LogP contribution in [0.25, 0.3) is 11.0 Å². The van der Waals surface area contributed by atoms with Crippen LogP contribution in [0.4, 0.5) is 5.69 Å². The van der Waals surface area contributed by atoms with Crippen LogP contribution in [0, 0.1) is 13.8 Å². The molecule has 23 heavy (non-hydrogen) atoms. The first kappa shape index (κ1) is 15.6. The summed E-state index contributed by atoms with van der Waals surface area (Å²) >= 11 is 0. The first-order valence-electron chi connectivity index (χ1n) is 7.34. The van der Waals surface area contributed by atoms with Gasteiger partial charge in [-0.15, -0.1) is 0 Å². The van der Waals surface area contributed by atoms with Crippen molar-refractivity contribution in [3.63, 3.8) is 0 Å². The number of aromatic nitrogens is 2. The van der Waals surface area contributed by atoms with Gasteiger partial charge in [0, 0.05) is 7.05 Å². The van der Waals surface area contributed by atoms with Crippen molar-refractivity contribution in [1.82, 2.24) is 9.97 Å². The largest absolute Gasteiger partial charge is 0.342 e. The summed E-state index contributed by atoms with van der Waals surface area (Å²) in [6.07, 6.45) is 0. The summed E-state index contributed by atoms with van der Waals surface area (Å²) in [5, 5.41) is 0. The zero-order valence-corrected chi connectivity index (χ0v) is 14.2. The standard InChI is InChI=1S/C17H19N3O2S/c1-12-4-6-14(7-5-12)11-23(21,22)20(3)15-8-9-16-17(10-15)19-13(2)18-16/h4-10H,11H2,1-3H3,(H,18,19). The van der Waals surface area contributed by atoms with E-state index in [0.717, 1.165) is 28.0 Å². The Kier molecular flexibility index (Phi) is 3.85. The van der Waals surface area contributed by atoms with Gasteiger partial charge in [-0.3, -0.25) is 4.31 Å². The van der Waals surface area contributed by atoms with Crippen molar-refractivity contribution in [1.29, 1.82) is 0 Å². The van der Waals surface area contributed by atoms with Crippen molar-refractivity contribution in [2.24, 2.45) is 0 Å². The van der Waals surface area contributed by atoms with Crippen LogP contribution in [0.3, 0.4) is 0 Å². The molecule has 6 heteroatoms. The Bertz CT molecular complexity index is 944. The topological polar surface area (TPSA) is 66.1 Å². The monoisotopic (exact) mass is 329 g/mol. The van der Waals surface area contributed by atoms with Crippen molar-refractivity contribution in [2.75, 3.05) is 11.4 Å². The van der Waals surface area contributed by atoms with Crippen molar-refractivity contribution < 1.29 is 8.42 Å². The summed E-state index contributed by atoms with van der Waals surface area (Å²) in [6.45, 7) is 3.85. The Morgan fingerprint density at radius 2 is 1.78 bits per heavy atom. The van der Waals surface area contributed by atoms with Crippen molar-refractivity contribution in [3.05, 3.63) is 59.4 Å². The highest BCUT2D eigenvalue weighted by Gasteiger charge is 2.19. The molecule has 0 saturated heterocycles. The predicted octanol–water partition coefficient (Wildman–Crippen LogP) is 3.15. The van der Waals surface area contributed by atoms with Crippen LogP contribution < -0.4 is 4.31 Å². The number of nitrogens with zero attached hydrogens (tertiary/aromatic N) is 2. The van der Waals surface area contributed by atoms with Crippen LogP contribution in [0.2, 0.25) is 0 Å². The molecule has 1 N–H and O–H groups in total. The van der Waals surface area contributed by atoms with Gasteiger partial charge in [-0.25, -0.2) is 13.4 Å². The zero-order chi connectivity index (χ0) is 16.6. The lowest BCUT2D eigenvalue weighted by Gasteiger charge is -2.19. The second-order valence-electron chi connectivity index (χ2n) is 5.73. The molecule has 1 aromatic heterocycles. The van der Waals surface area contributed by atoms with E-state index in [-0.39, 0.29) is 5.75 Å². The van der Waals surface area contributed by atoms with Crippen molar-refractivity contribution in [2.45, 2.75) is 19.6 Å². The number of aryl methyl sites for hydroxylation is 2. The van der Waals surface area contributed by atoms with Gasteiger partial charge < -0.3 is 4.98 Å². The molecule has 3 aromatic rings. The van der Waals surface area contributed by atoms with E-state index in [9.17, 15) is 8.42 Å². The van der Waals surface area contributed by atoms with Gasteiger partial charge in [0.15, 0.2) is 0 Å². The molecule has 3 rings (SSSR count). The summed E-state index contributed by atoms with van der Waals surface area (Å²) in [5.41, 5.74) is 4.17. The van der Waals surface area contributed by atoms with Crippen molar-refractivity contribution >= 4 is 26.7 Å². The molecule has 5 nitrogen and oxygen atoms in total. The molecule has 120 valence electrons. The van der Waals surface area contributed by atoms with E-state index in [1.54, 1.807) is 13.1 Å². The molecule has 0 bridgehead atoms. The van der Waals surface area contributed by atoms with Gasteiger partial charge in [0.25, 0.3) is 0 Å². The highest BCUT2D eigenvalue weighted by molar-refractivity contribution is 7.92. The second-order valence-corrected chi connectivity index (χ2v) is 7.73. The molecule has 1 heterocycles. The molecule has 0 saturated carbocycles. The number of hydrogen-bond acceptors (Lipinski definition) is 3. The number of aromatic amines is 1. The Labute approximate surface area is 136 Å². The summed E-state index contributed by atoms with van der Waals surface area (Å²) in [5.74, 6) is 0.784. The van der Waals surface area contributed by atoms with E-state index in [1.165, 1.54) is 4.31 Å². The number of nitrogens with one attached hydrogen (secondary N) is 1. The van der Waals surface area contributed by atoms with Crippen LogP contribution in [-0.2, 0) is 15.8 Å². The quantitative estimate of drug-likeness (QED) is 0.799. The lowest BCUT2D eigenvalue weighted by molar-refractivity contribution is 0.593. The molecule has 0 aliphatic rings. The van der Waals surface area contributed by atoms with Gasteiger partial charge in [-0.1, -0.05) is 29.8 Å². The van der Waals surface area contributed by atoms with Crippen LogP contribution in [-0.4, -0.2) is 25.4 Å². The van der Waals surface area contributed by atoms with E-state index in [1.807, 2.05) is 50.2 Å². The minimum atomic E-state index is -3.44. The average Bonchev–Trinajstić information content (AvgIpc) is 2.87. The Hall–Kier alpha value is -2.34. The molecule has 0 aliphatic heterocycles. The minimum absolute atomic E-state index is 0.0240. The SMILES string of the molecule is Cc1ccc(CS(=O)(=O)N(C)c2ccc3nc(C)[nH]c3c2)cc1. The smallest absolute Gasteiger partial charge is 0.239 e. The zero-order valence-electron chi connectivity index (χ0n) is 13.4. The number of sulfonamides is 1. The molecular weight excluding hydrogens is 310 g/mol. The Morgan fingerprint density at radius 3 is 2.48 bits per heavy atom. The lowest BCUT2D eigenvalue weighted by atomic mass is 10.2. The number of H-pyrrole nitrogens is 1. The third-order valence-electron chi connectivity index (χ3n) is 3.83. The summed E-state index contributed by atoms with van der Waals surface area (Å²) in [6, 6.07) is 12.9. The highest BCUT2D eigenvalue weighted by atomic mass is 32.2. The average molecular weight is 329 g/mol. The van der Waals surface area contributed by atoms with E-state index in [4.69, 9.17) is 0 Å². The Morgan fingerprint density at radius 1 is 1.09 bits per heavy atom. The predicted molar refractivity (Wildman–Crippen MR) is 93.0 cm³/mol. The first-order chi connectivity index (χ1) is 10.8. The van der Waals surface area contributed by atoms with Crippen molar-refractivity contribution in [3.8, 4) is 0 Å². The number of rotatable bonds is 4. The Balaban J connectivity index is 1.89. The van der Waals surface area contributed by atoms with E-state index in [2.05, 4.69) is 9.97 Å². The van der Waals surface area contributed by atoms with Gasteiger partial charge in [0.2, 0.25) is 10.0 Å². The van der Waals surface area contributed by atoms with Gasteiger partial charge in [-0.2, -0.15) is 0 Å². The molecular formula is C17H19N3O2S. The molecule has 0 unspecified atom stereocenters. The molecule has 0 atom stereocenters. The minimum Gasteiger partial charge on any atom is -0.342 e. The maximum Gasteiger partial charge on any atom is 0.239 e. The van der Waals surface area contributed by atoms with Gasteiger partial charge in [0.1, 0.15) is 5.82 Å². The molecule has 0 aliphatic carbocycles. The van der Waals surface area contributed by atoms with E-state index in [0.29, 0.717) is 5.69 Å². The number of hydrogen-bond donors (Lipinski definition) is 1. The lowest BCUT2D eigenvalue weighted by Crippen LogP contribution is -2.27. The van der Waals surface area contributed by atoms with Crippen LogP contribution in [0.5, 0.6) is 0 Å². The normalized spacial score (nSPS) is 11.8. The highest BCUT2D eigenvalue weighted by Crippen LogP contribution is 2.23. The fourth-order valence-corrected chi connectivity index (χ4v) is 3.72. The van der Waals surface area contributed by atoms with Gasteiger partial charge >= 0.3 is 0 Å². The summed E-state index contributed by atoms with van der Waals surface area (Å²) in [7, 11) is -1.86. The van der Waals surface area contributed by atoms with E-state index < -0.39 is 10.0 Å². The van der Waals surface area contributed by atoms with Gasteiger partial charge in [0.05, 0.1) is 22.5 Å². The fraction of sp³-hybridized carbons (Fsp3) is 0.235. The molecule has 2 aromatic carbocycles. The second kappa shape index (κ2) is 5.70. The molecule has 0 fully saturated rings.